The number of hydrogen-bond acceptors (Lipinski definition) is 3. The van der Waals surface area contributed by atoms with Crippen LogP contribution in [0.3, 0.4) is 0 Å². The van der Waals surface area contributed by atoms with Gasteiger partial charge in [0.05, 0.1) is 5.69 Å². The highest BCUT2D eigenvalue weighted by atomic mass is 32.1. The molecule has 0 spiro atoms. The fourth-order valence-corrected chi connectivity index (χ4v) is 3.83. The second-order valence-corrected chi connectivity index (χ2v) is 6.12. The van der Waals surface area contributed by atoms with Gasteiger partial charge < -0.3 is 10.4 Å². The number of hydrogen-bond donors (Lipinski definition) is 2. The van der Waals surface area contributed by atoms with Crippen LogP contribution in [0.4, 0.5) is 18.9 Å². The molecular weight excluding hydrogens is 331 g/mol. The van der Waals surface area contributed by atoms with Gasteiger partial charge in [0.25, 0.3) is 0 Å². The SMILES string of the molecule is O=C1C[C@H](C(F)(F)F)c2sc(C(=O)O)c(-c3ccccc3)c2N1. The van der Waals surface area contributed by atoms with Crippen LogP contribution < -0.4 is 5.32 Å². The number of halogens is 3. The van der Waals surface area contributed by atoms with Crippen molar-refractivity contribution in [1.82, 2.24) is 0 Å². The zero-order chi connectivity index (χ0) is 16.8. The van der Waals surface area contributed by atoms with Crippen molar-refractivity contribution in [2.24, 2.45) is 0 Å². The summed E-state index contributed by atoms with van der Waals surface area (Å²) < 4.78 is 39.7. The molecule has 8 heteroatoms. The molecule has 4 nitrogen and oxygen atoms in total. The average Bonchev–Trinajstić information content (AvgIpc) is 2.85. The van der Waals surface area contributed by atoms with Crippen molar-refractivity contribution < 1.29 is 27.9 Å². The molecule has 1 aromatic heterocycles. The molecule has 2 aromatic rings. The third-order valence-corrected chi connectivity index (χ3v) is 4.85. The van der Waals surface area contributed by atoms with E-state index in [9.17, 15) is 27.9 Å². The Morgan fingerprint density at radius 1 is 1.26 bits per heavy atom. The minimum Gasteiger partial charge on any atom is -0.477 e. The minimum atomic E-state index is -4.61. The molecule has 23 heavy (non-hydrogen) atoms. The summed E-state index contributed by atoms with van der Waals surface area (Å²) in [5.41, 5.74) is 0.531. The molecule has 0 saturated heterocycles. The normalized spacial score (nSPS) is 17.5. The van der Waals surface area contributed by atoms with Crippen LogP contribution in [0, 0.1) is 0 Å². The molecule has 0 radical (unpaired) electrons. The van der Waals surface area contributed by atoms with Crippen molar-refractivity contribution in [1.29, 1.82) is 0 Å². The maximum atomic E-state index is 13.2. The maximum absolute atomic E-state index is 13.2. The van der Waals surface area contributed by atoms with Crippen LogP contribution in [-0.2, 0) is 4.79 Å². The van der Waals surface area contributed by atoms with Gasteiger partial charge in [0.2, 0.25) is 5.91 Å². The Morgan fingerprint density at radius 2 is 1.91 bits per heavy atom. The van der Waals surface area contributed by atoms with E-state index in [4.69, 9.17) is 0 Å². The molecule has 2 heterocycles. The van der Waals surface area contributed by atoms with Gasteiger partial charge in [-0.3, -0.25) is 4.79 Å². The standard InChI is InChI=1S/C15H10F3NO3S/c16-15(17,18)8-6-9(20)19-11-10(7-4-2-1-3-5-7)13(14(21)22)23-12(8)11/h1-5,8H,6H2,(H,19,20)(H,21,22)/t8-/m0/s1. The minimum absolute atomic E-state index is 0.0443. The van der Waals surface area contributed by atoms with Gasteiger partial charge in [-0.05, 0) is 5.56 Å². The van der Waals surface area contributed by atoms with Crippen molar-refractivity contribution >= 4 is 28.9 Å². The Balaban J connectivity index is 2.27. The van der Waals surface area contributed by atoms with Crippen LogP contribution in [0.25, 0.3) is 11.1 Å². The molecule has 2 N–H and O–H groups in total. The zero-order valence-electron chi connectivity index (χ0n) is 11.5. The largest absolute Gasteiger partial charge is 0.477 e. The zero-order valence-corrected chi connectivity index (χ0v) is 12.3. The number of benzene rings is 1. The van der Waals surface area contributed by atoms with Crippen molar-refractivity contribution in [2.75, 3.05) is 5.32 Å². The number of nitrogens with one attached hydrogen (secondary N) is 1. The fraction of sp³-hybridized carbons (Fsp3) is 0.200. The smallest absolute Gasteiger partial charge is 0.397 e. The topological polar surface area (TPSA) is 66.4 Å². The molecule has 0 aliphatic carbocycles. The Hall–Kier alpha value is -2.35. The molecule has 0 bridgehead atoms. The molecular formula is C15H10F3NO3S. The highest BCUT2D eigenvalue weighted by Crippen LogP contribution is 2.51. The maximum Gasteiger partial charge on any atom is 0.397 e. The molecule has 120 valence electrons. The molecule has 0 unspecified atom stereocenters. The summed E-state index contributed by atoms with van der Waals surface area (Å²) in [5.74, 6) is -4.07. The van der Waals surface area contributed by atoms with Gasteiger partial charge in [-0.15, -0.1) is 11.3 Å². The van der Waals surface area contributed by atoms with Crippen LogP contribution in [0.15, 0.2) is 30.3 Å². The molecule has 1 aromatic carbocycles. The second kappa shape index (κ2) is 5.38. The summed E-state index contributed by atoms with van der Waals surface area (Å²) in [6, 6.07) is 8.20. The van der Waals surface area contributed by atoms with Crippen molar-refractivity contribution in [3.8, 4) is 11.1 Å². The molecule has 3 rings (SSSR count). The Bertz CT molecular complexity index is 783. The van der Waals surface area contributed by atoms with E-state index in [2.05, 4.69) is 5.32 Å². The number of amides is 1. The van der Waals surface area contributed by atoms with Gasteiger partial charge in [0.15, 0.2) is 0 Å². The summed E-state index contributed by atoms with van der Waals surface area (Å²) in [5, 5.41) is 11.8. The van der Waals surface area contributed by atoms with E-state index in [1.54, 1.807) is 30.3 Å². The quantitative estimate of drug-likeness (QED) is 0.864. The van der Waals surface area contributed by atoms with Gasteiger partial charge in [0.1, 0.15) is 10.8 Å². The Labute approximate surface area is 132 Å². The Kier molecular flexibility index (Phi) is 3.63. The van der Waals surface area contributed by atoms with E-state index in [0.29, 0.717) is 16.9 Å². The predicted molar refractivity (Wildman–Crippen MR) is 78.8 cm³/mol. The van der Waals surface area contributed by atoms with Crippen LogP contribution in [0.1, 0.15) is 26.9 Å². The van der Waals surface area contributed by atoms with Gasteiger partial charge in [-0.1, -0.05) is 30.3 Å². The third-order valence-electron chi connectivity index (χ3n) is 3.56. The first-order chi connectivity index (χ1) is 10.8. The molecule has 1 aliphatic rings. The number of alkyl halides is 3. The summed E-state index contributed by atoms with van der Waals surface area (Å²) in [6.07, 6.45) is -5.34. The number of carboxylic acid groups (broad SMARTS) is 1. The van der Waals surface area contributed by atoms with Crippen LogP contribution in [-0.4, -0.2) is 23.2 Å². The predicted octanol–water partition coefficient (Wildman–Crippen LogP) is 4.10. The van der Waals surface area contributed by atoms with Gasteiger partial charge in [-0.2, -0.15) is 13.2 Å². The third kappa shape index (κ3) is 2.70. The van der Waals surface area contributed by atoms with Gasteiger partial charge >= 0.3 is 12.1 Å². The average molecular weight is 341 g/mol. The fourth-order valence-electron chi connectivity index (χ4n) is 2.58. The number of aromatic carboxylic acids is 1. The van der Waals surface area contributed by atoms with Crippen LogP contribution >= 0.6 is 11.3 Å². The van der Waals surface area contributed by atoms with E-state index in [0.717, 1.165) is 0 Å². The summed E-state index contributed by atoms with van der Waals surface area (Å²) in [6.45, 7) is 0. The van der Waals surface area contributed by atoms with E-state index in [-0.39, 0.29) is 21.0 Å². The lowest BCUT2D eigenvalue weighted by Crippen LogP contribution is -2.30. The first-order valence-corrected chi connectivity index (χ1v) is 7.42. The first kappa shape index (κ1) is 15.5. The number of anilines is 1. The highest BCUT2D eigenvalue weighted by molar-refractivity contribution is 7.15. The summed E-state index contributed by atoms with van der Waals surface area (Å²) >= 11 is 0.568. The number of carbonyl (C=O) groups is 2. The monoisotopic (exact) mass is 341 g/mol. The molecule has 1 aliphatic heterocycles. The molecule has 0 saturated carbocycles. The van der Waals surface area contributed by atoms with Gasteiger partial charge in [-0.25, -0.2) is 4.79 Å². The van der Waals surface area contributed by atoms with E-state index in [1.165, 1.54) is 0 Å². The second-order valence-electron chi connectivity index (χ2n) is 5.06. The van der Waals surface area contributed by atoms with E-state index in [1.807, 2.05) is 0 Å². The van der Waals surface area contributed by atoms with Crippen LogP contribution in [0.2, 0.25) is 0 Å². The van der Waals surface area contributed by atoms with Crippen molar-refractivity contribution in [2.45, 2.75) is 18.5 Å². The number of carboxylic acids is 1. The lowest BCUT2D eigenvalue weighted by molar-refractivity contribution is -0.156. The van der Waals surface area contributed by atoms with Crippen molar-refractivity contribution in [3.63, 3.8) is 0 Å². The number of thiophene rings is 1. The molecule has 1 amide bonds. The van der Waals surface area contributed by atoms with Crippen molar-refractivity contribution in [3.05, 3.63) is 40.1 Å². The Morgan fingerprint density at radius 3 is 2.48 bits per heavy atom. The summed E-state index contributed by atoms with van der Waals surface area (Å²) in [7, 11) is 0. The summed E-state index contributed by atoms with van der Waals surface area (Å²) in [4.78, 5) is 22.8. The van der Waals surface area contributed by atoms with Crippen LogP contribution in [0.5, 0.6) is 0 Å². The van der Waals surface area contributed by atoms with E-state index >= 15 is 0 Å². The number of carbonyl (C=O) groups excluding carboxylic acids is 1. The highest BCUT2D eigenvalue weighted by Gasteiger charge is 2.47. The lowest BCUT2D eigenvalue weighted by Gasteiger charge is -2.25. The molecule has 0 fully saturated rings. The van der Waals surface area contributed by atoms with E-state index < -0.39 is 30.4 Å². The number of rotatable bonds is 2. The lowest BCUT2D eigenvalue weighted by atomic mass is 9.94. The number of fused-ring (bicyclic) bond motifs is 1. The van der Waals surface area contributed by atoms with Gasteiger partial charge in [0, 0.05) is 16.9 Å². The first-order valence-electron chi connectivity index (χ1n) is 6.61. The molecule has 1 atom stereocenters.